The van der Waals surface area contributed by atoms with E-state index < -0.39 is 17.6 Å². The van der Waals surface area contributed by atoms with Crippen LogP contribution in [0.5, 0.6) is 0 Å². The SMILES string of the molecule is O=C(Cc1ccc(-n2cnc3cccnc32)cc1)Nc1cccc(C(F)(F)F)c1. The number of nitrogens with zero attached hydrogens (tertiary/aromatic N) is 3. The van der Waals surface area contributed by atoms with E-state index in [0.29, 0.717) is 0 Å². The molecule has 4 rings (SSSR count). The third kappa shape index (κ3) is 4.11. The third-order valence-electron chi connectivity index (χ3n) is 4.36. The summed E-state index contributed by atoms with van der Waals surface area (Å²) in [5.74, 6) is -0.396. The number of hydrogen-bond acceptors (Lipinski definition) is 3. The Morgan fingerprint density at radius 2 is 1.79 bits per heavy atom. The molecule has 0 aliphatic heterocycles. The number of aromatic nitrogens is 3. The molecule has 0 saturated carbocycles. The van der Waals surface area contributed by atoms with Gasteiger partial charge in [0.1, 0.15) is 11.8 Å². The highest BCUT2D eigenvalue weighted by Crippen LogP contribution is 2.30. The number of carbonyl (C=O) groups excluding carboxylic acids is 1. The highest BCUT2D eigenvalue weighted by molar-refractivity contribution is 5.92. The van der Waals surface area contributed by atoms with Gasteiger partial charge >= 0.3 is 6.18 Å². The van der Waals surface area contributed by atoms with Crippen LogP contribution in [0, 0.1) is 0 Å². The number of alkyl halides is 3. The van der Waals surface area contributed by atoms with Crippen LogP contribution < -0.4 is 5.32 Å². The standard InChI is InChI=1S/C21H15F3N4O/c22-21(23,24)15-3-1-4-16(12-15)27-19(29)11-14-6-8-17(9-7-14)28-13-26-18-5-2-10-25-20(18)28/h1-10,12-13H,11H2,(H,27,29). The topological polar surface area (TPSA) is 59.8 Å². The molecule has 0 fully saturated rings. The molecule has 2 aromatic carbocycles. The summed E-state index contributed by atoms with van der Waals surface area (Å²) in [6.07, 6.45) is -1.05. The predicted molar refractivity (Wildman–Crippen MR) is 103 cm³/mol. The molecule has 1 N–H and O–H groups in total. The van der Waals surface area contributed by atoms with Crippen molar-refractivity contribution in [2.24, 2.45) is 0 Å². The number of carbonyl (C=O) groups is 1. The van der Waals surface area contributed by atoms with Gasteiger partial charge in [0.15, 0.2) is 5.65 Å². The number of imidazole rings is 1. The fourth-order valence-corrected chi connectivity index (χ4v) is 2.98. The van der Waals surface area contributed by atoms with Gasteiger partial charge in [0.05, 0.1) is 12.0 Å². The van der Waals surface area contributed by atoms with Crippen molar-refractivity contribution in [3.63, 3.8) is 0 Å². The van der Waals surface area contributed by atoms with Crippen LogP contribution in [0.25, 0.3) is 16.9 Å². The Balaban J connectivity index is 1.46. The van der Waals surface area contributed by atoms with Crippen LogP contribution in [0.3, 0.4) is 0 Å². The molecule has 0 radical (unpaired) electrons. The largest absolute Gasteiger partial charge is 0.416 e. The molecule has 0 atom stereocenters. The zero-order valence-electron chi connectivity index (χ0n) is 15.0. The zero-order valence-corrected chi connectivity index (χ0v) is 15.0. The zero-order chi connectivity index (χ0) is 20.4. The highest BCUT2D eigenvalue weighted by Gasteiger charge is 2.30. The lowest BCUT2D eigenvalue weighted by Crippen LogP contribution is -2.15. The van der Waals surface area contributed by atoms with Gasteiger partial charge in [0, 0.05) is 17.6 Å². The molecule has 0 bridgehead atoms. The number of amides is 1. The minimum Gasteiger partial charge on any atom is -0.326 e. The van der Waals surface area contributed by atoms with E-state index in [1.807, 2.05) is 28.8 Å². The van der Waals surface area contributed by atoms with E-state index in [0.717, 1.165) is 34.5 Å². The van der Waals surface area contributed by atoms with Gasteiger partial charge in [0.25, 0.3) is 0 Å². The summed E-state index contributed by atoms with van der Waals surface area (Å²) in [5, 5.41) is 2.51. The van der Waals surface area contributed by atoms with E-state index >= 15 is 0 Å². The van der Waals surface area contributed by atoms with E-state index in [1.54, 1.807) is 24.7 Å². The normalized spacial score (nSPS) is 11.6. The van der Waals surface area contributed by atoms with Crippen molar-refractivity contribution in [2.45, 2.75) is 12.6 Å². The highest BCUT2D eigenvalue weighted by atomic mass is 19.4. The summed E-state index contributed by atoms with van der Waals surface area (Å²) < 4.78 is 40.2. The summed E-state index contributed by atoms with van der Waals surface area (Å²) in [6.45, 7) is 0. The van der Waals surface area contributed by atoms with Crippen molar-refractivity contribution >= 4 is 22.8 Å². The van der Waals surface area contributed by atoms with Crippen molar-refractivity contribution in [3.05, 3.63) is 84.3 Å². The minimum atomic E-state index is -4.46. The first-order chi connectivity index (χ1) is 13.9. The summed E-state index contributed by atoms with van der Waals surface area (Å²) in [4.78, 5) is 20.8. The molecule has 4 aromatic rings. The third-order valence-corrected chi connectivity index (χ3v) is 4.36. The molecule has 0 saturated heterocycles. The van der Waals surface area contributed by atoms with E-state index in [4.69, 9.17) is 0 Å². The van der Waals surface area contributed by atoms with Crippen LogP contribution >= 0.6 is 0 Å². The number of hydrogen-bond donors (Lipinski definition) is 1. The lowest BCUT2D eigenvalue weighted by atomic mass is 10.1. The fourth-order valence-electron chi connectivity index (χ4n) is 2.98. The van der Waals surface area contributed by atoms with Gasteiger partial charge in [-0.05, 0) is 48.0 Å². The smallest absolute Gasteiger partial charge is 0.326 e. The molecular formula is C21H15F3N4O. The first-order valence-corrected chi connectivity index (χ1v) is 8.75. The molecule has 2 aromatic heterocycles. The molecule has 8 heteroatoms. The number of pyridine rings is 1. The van der Waals surface area contributed by atoms with E-state index in [2.05, 4.69) is 15.3 Å². The van der Waals surface area contributed by atoms with E-state index in [9.17, 15) is 18.0 Å². The number of rotatable bonds is 4. The summed E-state index contributed by atoms with van der Waals surface area (Å²) in [7, 11) is 0. The molecular weight excluding hydrogens is 381 g/mol. The molecule has 0 aliphatic carbocycles. The van der Waals surface area contributed by atoms with Crippen molar-refractivity contribution in [2.75, 3.05) is 5.32 Å². The van der Waals surface area contributed by atoms with Gasteiger partial charge in [-0.15, -0.1) is 0 Å². The predicted octanol–water partition coefficient (Wildman–Crippen LogP) is 4.62. The summed E-state index contributed by atoms with van der Waals surface area (Å²) in [5.41, 5.74) is 2.38. The Hall–Kier alpha value is -3.68. The van der Waals surface area contributed by atoms with E-state index in [1.165, 1.54) is 12.1 Å². The van der Waals surface area contributed by atoms with Crippen molar-refractivity contribution < 1.29 is 18.0 Å². The molecule has 29 heavy (non-hydrogen) atoms. The van der Waals surface area contributed by atoms with Gasteiger partial charge in [-0.2, -0.15) is 13.2 Å². The maximum atomic E-state index is 12.8. The van der Waals surface area contributed by atoms with Crippen molar-refractivity contribution in [1.82, 2.24) is 14.5 Å². The van der Waals surface area contributed by atoms with Crippen LogP contribution in [0.15, 0.2) is 73.2 Å². The van der Waals surface area contributed by atoms with Crippen molar-refractivity contribution in [3.8, 4) is 5.69 Å². The Kier molecular flexibility index (Phi) is 4.75. The monoisotopic (exact) mass is 396 g/mol. The van der Waals surface area contributed by atoms with Gasteiger partial charge in [-0.1, -0.05) is 18.2 Å². The number of fused-ring (bicyclic) bond motifs is 1. The lowest BCUT2D eigenvalue weighted by Gasteiger charge is -2.10. The van der Waals surface area contributed by atoms with Gasteiger partial charge in [0.2, 0.25) is 5.91 Å². The quantitative estimate of drug-likeness (QED) is 0.548. The van der Waals surface area contributed by atoms with Crippen LogP contribution in [0.2, 0.25) is 0 Å². The summed E-state index contributed by atoms with van der Waals surface area (Å²) in [6, 6.07) is 15.5. The Morgan fingerprint density at radius 3 is 2.55 bits per heavy atom. The fraction of sp³-hybridized carbons (Fsp3) is 0.0952. The van der Waals surface area contributed by atoms with Crippen LogP contribution in [0.1, 0.15) is 11.1 Å². The number of anilines is 1. The van der Waals surface area contributed by atoms with Crippen LogP contribution in [-0.4, -0.2) is 20.4 Å². The first-order valence-electron chi connectivity index (χ1n) is 8.75. The molecule has 0 spiro atoms. The molecule has 2 heterocycles. The van der Waals surface area contributed by atoms with Gasteiger partial charge < -0.3 is 5.32 Å². The van der Waals surface area contributed by atoms with Crippen LogP contribution in [-0.2, 0) is 17.4 Å². The second kappa shape index (κ2) is 7.38. The average molecular weight is 396 g/mol. The lowest BCUT2D eigenvalue weighted by molar-refractivity contribution is -0.137. The van der Waals surface area contributed by atoms with Gasteiger partial charge in [-0.25, -0.2) is 9.97 Å². The maximum absolute atomic E-state index is 12.8. The van der Waals surface area contributed by atoms with Crippen molar-refractivity contribution in [1.29, 1.82) is 0 Å². The average Bonchev–Trinajstić information content (AvgIpc) is 3.12. The second-order valence-electron chi connectivity index (χ2n) is 6.43. The number of halogens is 3. The molecule has 5 nitrogen and oxygen atoms in total. The second-order valence-corrected chi connectivity index (χ2v) is 6.43. The van der Waals surface area contributed by atoms with E-state index in [-0.39, 0.29) is 12.1 Å². The van der Waals surface area contributed by atoms with Gasteiger partial charge in [-0.3, -0.25) is 9.36 Å². The first kappa shape index (κ1) is 18.7. The Labute approximate surface area is 163 Å². The number of nitrogens with one attached hydrogen (secondary N) is 1. The minimum absolute atomic E-state index is 0.0411. The Bertz CT molecular complexity index is 1170. The number of benzene rings is 2. The summed E-state index contributed by atoms with van der Waals surface area (Å²) >= 11 is 0. The van der Waals surface area contributed by atoms with Crippen LogP contribution in [0.4, 0.5) is 18.9 Å². The molecule has 146 valence electrons. The Morgan fingerprint density at radius 1 is 1.00 bits per heavy atom. The molecule has 1 amide bonds. The molecule has 0 unspecified atom stereocenters. The molecule has 0 aliphatic rings. The maximum Gasteiger partial charge on any atom is 0.416 e.